The smallest absolute Gasteiger partial charge is 0.188 e. The van der Waals surface area contributed by atoms with Gasteiger partial charge in [0.1, 0.15) is 0 Å². The number of guanidine groups is 1. The zero-order chi connectivity index (χ0) is 12.7. The lowest BCUT2D eigenvalue weighted by Gasteiger charge is -2.07. The molecule has 0 saturated carbocycles. The molecule has 0 saturated heterocycles. The number of hydrogen-bond donors (Lipinski definition) is 2. The fourth-order valence-corrected chi connectivity index (χ4v) is 1.80. The van der Waals surface area contributed by atoms with Crippen LogP contribution in [0, 0.1) is 5.92 Å². The molecule has 0 atom stereocenters. The van der Waals surface area contributed by atoms with E-state index in [1.165, 1.54) is 0 Å². The number of hydrogen-bond acceptors (Lipinski definition) is 1. The van der Waals surface area contributed by atoms with Crippen LogP contribution in [0.2, 0.25) is 0 Å². The van der Waals surface area contributed by atoms with Crippen molar-refractivity contribution >= 4 is 21.9 Å². The third-order valence-corrected chi connectivity index (χ3v) is 2.84. The van der Waals surface area contributed by atoms with Crippen LogP contribution in [0.25, 0.3) is 0 Å². The van der Waals surface area contributed by atoms with Gasteiger partial charge in [0.15, 0.2) is 5.96 Å². The molecular weight excluding hydrogens is 278 g/mol. The number of benzene rings is 1. The van der Waals surface area contributed by atoms with E-state index in [1.54, 1.807) is 0 Å². The van der Waals surface area contributed by atoms with E-state index in [0.29, 0.717) is 18.4 Å². The lowest BCUT2D eigenvalue weighted by molar-refractivity contribution is 0.576. The van der Waals surface area contributed by atoms with Crippen LogP contribution < -0.4 is 11.1 Å². The number of aliphatic imine (C=N–C) groups is 1. The normalized spacial score (nSPS) is 11.9. The van der Waals surface area contributed by atoms with Gasteiger partial charge in [-0.2, -0.15) is 0 Å². The maximum absolute atomic E-state index is 5.77. The Hall–Kier alpha value is -1.03. The number of nitrogens with two attached hydrogens (primary N) is 1. The van der Waals surface area contributed by atoms with Crippen LogP contribution in [0.5, 0.6) is 0 Å². The molecule has 0 heterocycles. The molecule has 0 bridgehead atoms. The Kier molecular flexibility index (Phi) is 6.05. The standard InChI is InChI=1S/C13H20BrN3/c1-10(2)6-7-16-13(15)17-9-11-4-3-5-12(14)8-11/h3-5,8,10H,6-7,9H2,1-2H3,(H3,15,16,17). The average Bonchev–Trinajstić information content (AvgIpc) is 2.26. The Balaban J connectivity index is 2.37. The van der Waals surface area contributed by atoms with Crippen molar-refractivity contribution in [1.29, 1.82) is 0 Å². The minimum absolute atomic E-state index is 0.519. The zero-order valence-corrected chi connectivity index (χ0v) is 12.0. The van der Waals surface area contributed by atoms with Crippen LogP contribution >= 0.6 is 15.9 Å². The number of rotatable bonds is 5. The van der Waals surface area contributed by atoms with Crippen LogP contribution in [0.4, 0.5) is 0 Å². The maximum atomic E-state index is 5.77. The molecule has 0 aliphatic heterocycles. The summed E-state index contributed by atoms with van der Waals surface area (Å²) in [4.78, 5) is 4.29. The van der Waals surface area contributed by atoms with Gasteiger partial charge in [-0.1, -0.05) is 41.9 Å². The Morgan fingerprint density at radius 2 is 2.24 bits per heavy atom. The summed E-state index contributed by atoms with van der Waals surface area (Å²) in [6, 6.07) is 8.08. The Bertz CT molecular complexity index is 375. The van der Waals surface area contributed by atoms with Gasteiger partial charge in [0, 0.05) is 11.0 Å². The summed E-state index contributed by atoms with van der Waals surface area (Å²) < 4.78 is 1.07. The van der Waals surface area contributed by atoms with Crippen molar-refractivity contribution in [3.63, 3.8) is 0 Å². The predicted octanol–water partition coefficient (Wildman–Crippen LogP) is 2.90. The molecule has 3 nitrogen and oxygen atoms in total. The van der Waals surface area contributed by atoms with E-state index in [2.05, 4.69) is 40.1 Å². The molecule has 0 unspecified atom stereocenters. The molecule has 4 heteroatoms. The third-order valence-electron chi connectivity index (χ3n) is 2.35. The fraction of sp³-hybridized carbons (Fsp3) is 0.462. The monoisotopic (exact) mass is 297 g/mol. The highest BCUT2D eigenvalue weighted by atomic mass is 79.9. The van der Waals surface area contributed by atoms with Gasteiger partial charge in [0.05, 0.1) is 6.54 Å². The van der Waals surface area contributed by atoms with E-state index in [-0.39, 0.29) is 0 Å². The topological polar surface area (TPSA) is 50.4 Å². The molecular formula is C13H20BrN3. The SMILES string of the molecule is CC(C)CCNC(N)=NCc1cccc(Br)c1. The van der Waals surface area contributed by atoms with Crippen molar-refractivity contribution in [2.24, 2.45) is 16.6 Å². The highest BCUT2D eigenvalue weighted by molar-refractivity contribution is 9.10. The lowest BCUT2D eigenvalue weighted by Crippen LogP contribution is -2.32. The second-order valence-corrected chi connectivity index (χ2v) is 5.36. The van der Waals surface area contributed by atoms with Gasteiger partial charge in [-0.25, -0.2) is 4.99 Å². The molecule has 1 rings (SSSR count). The second-order valence-electron chi connectivity index (χ2n) is 4.44. The van der Waals surface area contributed by atoms with Gasteiger partial charge >= 0.3 is 0 Å². The molecule has 3 N–H and O–H groups in total. The largest absolute Gasteiger partial charge is 0.370 e. The summed E-state index contributed by atoms with van der Waals surface area (Å²) >= 11 is 3.43. The van der Waals surface area contributed by atoms with Crippen LogP contribution in [0.15, 0.2) is 33.7 Å². The summed E-state index contributed by atoms with van der Waals surface area (Å²) in [6.07, 6.45) is 1.10. The summed E-state index contributed by atoms with van der Waals surface area (Å²) in [5, 5.41) is 3.11. The molecule has 0 aliphatic carbocycles. The number of halogens is 1. The van der Waals surface area contributed by atoms with E-state index in [0.717, 1.165) is 23.0 Å². The fourth-order valence-electron chi connectivity index (χ4n) is 1.36. The molecule has 0 spiro atoms. The van der Waals surface area contributed by atoms with E-state index in [9.17, 15) is 0 Å². The molecule has 17 heavy (non-hydrogen) atoms. The highest BCUT2D eigenvalue weighted by Crippen LogP contribution is 2.12. The minimum atomic E-state index is 0.519. The predicted molar refractivity (Wildman–Crippen MR) is 76.9 cm³/mol. The number of nitrogens with one attached hydrogen (secondary N) is 1. The van der Waals surface area contributed by atoms with E-state index >= 15 is 0 Å². The first-order valence-corrected chi connectivity index (χ1v) is 6.65. The molecule has 0 fully saturated rings. The van der Waals surface area contributed by atoms with Gasteiger partial charge in [-0.3, -0.25) is 0 Å². The summed E-state index contributed by atoms with van der Waals surface area (Å²) in [6.45, 7) is 5.87. The highest BCUT2D eigenvalue weighted by Gasteiger charge is 1.96. The number of nitrogens with zero attached hydrogens (tertiary/aromatic N) is 1. The quantitative estimate of drug-likeness (QED) is 0.648. The molecule has 1 aromatic carbocycles. The van der Waals surface area contributed by atoms with E-state index < -0.39 is 0 Å². The van der Waals surface area contributed by atoms with Crippen molar-refractivity contribution in [1.82, 2.24) is 5.32 Å². The van der Waals surface area contributed by atoms with Gasteiger partial charge in [-0.05, 0) is 30.0 Å². The molecule has 0 aromatic heterocycles. The second kappa shape index (κ2) is 7.33. The van der Waals surface area contributed by atoms with Crippen LogP contribution in [-0.2, 0) is 6.54 Å². The average molecular weight is 298 g/mol. The molecule has 0 aliphatic rings. The van der Waals surface area contributed by atoms with Crippen molar-refractivity contribution < 1.29 is 0 Å². The van der Waals surface area contributed by atoms with Crippen molar-refractivity contribution in [2.75, 3.05) is 6.54 Å². The lowest BCUT2D eigenvalue weighted by atomic mass is 10.1. The van der Waals surface area contributed by atoms with E-state index in [1.807, 2.05) is 24.3 Å². The van der Waals surface area contributed by atoms with Crippen LogP contribution in [-0.4, -0.2) is 12.5 Å². The molecule has 0 radical (unpaired) electrons. The molecule has 1 aromatic rings. The molecule has 94 valence electrons. The van der Waals surface area contributed by atoms with Crippen molar-refractivity contribution in [3.05, 3.63) is 34.3 Å². The summed E-state index contributed by atoms with van der Waals surface area (Å²) in [5.74, 6) is 1.20. The van der Waals surface area contributed by atoms with E-state index in [4.69, 9.17) is 5.73 Å². The van der Waals surface area contributed by atoms with Gasteiger partial charge in [0.25, 0.3) is 0 Å². The van der Waals surface area contributed by atoms with Gasteiger partial charge < -0.3 is 11.1 Å². The van der Waals surface area contributed by atoms with Crippen molar-refractivity contribution in [3.8, 4) is 0 Å². The van der Waals surface area contributed by atoms with Gasteiger partial charge in [-0.15, -0.1) is 0 Å². The maximum Gasteiger partial charge on any atom is 0.188 e. The summed E-state index contributed by atoms with van der Waals surface area (Å²) in [7, 11) is 0. The molecule has 0 amide bonds. The zero-order valence-electron chi connectivity index (χ0n) is 10.4. The Labute approximate surface area is 112 Å². The van der Waals surface area contributed by atoms with Crippen molar-refractivity contribution in [2.45, 2.75) is 26.8 Å². The van der Waals surface area contributed by atoms with Crippen LogP contribution in [0.3, 0.4) is 0 Å². The first-order chi connectivity index (χ1) is 8.08. The van der Waals surface area contributed by atoms with Crippen LogP contribution in [0.1, 0.15) is 25.8 Å². The summed E-state index contributed by atoms with van der Waals surface area (Å²) in [5.41, 5.74) is 6.92. The minimum Gasteiger partial charge on any atom is -0.370 e. The Morgan fingerprint density at radius 1 is 1.47 bits per heavy atom. The third kappa shape index (κ3) is 6.31. The first-order valence-electron chi connectivity index (χ1n) is 5.86. The Morgan fingerprint density at radius 3 is 2.88 bits per heavy atom. The first kappa shape index (κ1) is 14.0. The van der Waals surface area contributed by atoms with Gasteiger partial charge in [0.2, 0.25) is 0 Å².